The number of aliphatic hydroxyl groups excluding tert-OH is 1. The molecule has 0 aliphatic heterocycles. The van der Waals surface area contributed by atoms with Crippen LogP contribution in [0.4, 0.5) is 4.79 Å². The molecule has 1 aromatic rings. The predicted octanol–water partition coefficient (Wildman–Crippen LogP) is -6.62. The number of carboxylic acid groups (broad SMARTS) is 2. The van der Waals surface area contributed by atoms with Crippen LogP contribution in [0.15, 0.2) is 28.7 Å². The van der Waals surface area contributed by atoms with Gasteiger partial charge in [0, 0.05) is 0 Å². The van der Waals surface area contributed by atoms with E-state index in [-0.39, 0.29) is 109 Å². The number of rotatable bonds is 3. The van der Waals surface area contributed by atoms with Crippen molar-refractivity contribution in [2.24, 2.45) is 0 Å². The van der Waals surface area contributed by atoms with Gasteiger partial charge in [-0.3, -0.25) is 0 Å². The molecular formula is C9H9BrK2O5. The van der Waals surface area contributed by atoms with Crippen molar-refractivity contribution in [3.63, 3.8) is 0 Å². The second-order valence-corrected chi connectivity index (χ2v) is 3.11. The molecule has 0 fully saturated rings. The minimum Gasteiger partial charge on any atom is -0.652 e. The summed E-state index contributed by atoms with van der Waals surface area (Å²) in [5, 5.41) is 25.1. The van der Waals surface area contributed by atoms with Crippen molar-refractivity contribution < 1.29 is 128 Å². The largest absolute Gasteiger partial charge is 1.00 e. The van der Waals surface area contributed by atoms with Gasteiger partial charge >= 0.3 is 103 Å². The molecule has 1 rings (SSSR count). The number of ether oxygens (including phenoxy) is 1. The first-order valence-electron chi connectivity index (χ1n) is 3.94. The second-order valence-electron chi connectivity index (χ2n) is 2.25. The van der Waals surface area contributed by atoms with Gasteiger partial charge in [0.2, 0.25) is 0 Å². The molecule has 1 aromatic carbocycles. The maximum Gasteiger partial charge on any atom is 1.00 e. The van der Waals surface area contributed by atoms with Crippen LogP contribution in [-0.2, 0) is 0 Å². The fourth-order valence-electron chi connectivity index (χ4n) is 0.717. The maximum absolute atomic E-state index is 8.48. The van der Waals surface area contributed by atoms with E-state index in [1.165, 1.54) is 0 Å². The Labute approximate surface area is 193 Å². The van der Waals surface area contributed by atoms with Crippen molar-refractivity contribution in [1.29, 1.82) is 0 Å². The number of aliphatic hydroxyl groups is 1. The van der Waals surface area contributed by atoms with Crippen LogP contribution in [0.2, 0.25) is 0 Å². The van der Waals surface area contributed by atoms with Gasteiger partial charge in [-0.2, -0.15) is 0 Å². The van der Waals surface area contributed by atoms with Gasteiger partial charge in [0.15, 0.2) is 0 Å². The summed E-state index contributed by atoms with van der Waals surface area (Å²) in [5.74, 6) is 0.765. The first kappa shape index (κ1) is 24.0. The molecule has 17 heavy (non-hydrogen) atoms. The van der Waals surface area contributed by atoms with Gasteiger partial charge in [0.1, 0.15) is 12.4 Å². The topological polar surface area (TPSA) is 92.7 Å². The number of benzene rings is 1. The van der Waals surface area contributed by atoms with Crippen LogP contribution in [-0.4, -0.2) is 24.5 Å². The van der Waals surface area contributed by atoms with E-state index in [0.29, 0.717) is 6.61 Å². The number of hydrogen-bond acceptors (Lipinski definition) is 5. The van der Waals surface area contributed by atoms with E-state index in [4.69, 9.17) is 24.9 Å². The number of carbonyl (C=O) groups excluding carboxylic acids is 1. The summed E-state index contributed by atoms with van der Waals surface area (Å²) < 4.78 is 6.10. The van der Waals surface area contributed by atoms with Crippen molar-refractivity contribution in [1.82, 2.24) is 0 Å². The van der Waals surface area contributed by atoms with Crippen LogP contribution in [0.5, 0.6) is 5.75 Å². The Balaban J connectivity index is -0.000000289. The van der Waals surface area contributed by atoms with Crippen molar-refractivity contribution in [2.75, 3.05) is 13.2 Å². The molecule has 0 bridgehead atoms. The first-order valence-corrected chi connectivity index (χ1v) is 4.73. The molecule has 0 spiro atoms. The Morgan fingerprint density at radius 3 is 2.18 bits per heavy atom. The van der Waals surface area contributed by atoms with Gasteiger partial charge in [-0.25, -0.2) is 0 Å². The van der Waals surface area contributed by atoms with Crippen LogP contribution < -0.4 is 118 Å². The Hall–Kier alpha value is 2.00. The van der Waals surface area contributed by atoms with E-state index in [9.17, 15) is 0 Å². The molecule has 0 aliphatic carbocycles. The Morgan fingerprint density at radius 2 is 1.76 bits per heavy atom. The molecule has 0 aromatic heterocycles. The molecule has 0 radical (unpaired) electrons. The molecule has 0 amide bonds. The standard InChI is InChI=1S/C8H9BrO2.CH2O3.2K/c9-7-3-1-2-4-8(7)11-6-5-10;2-1(3)4;;/h1-4,10H,5-6H2;(H2,2,3,4);;/q;;2*+1/p-2. The van der Waals surface area contributed by atoms with Gasteiger partial charge < -0.3 is 24.9 Å². The third-order valence-corrected chi connectivity index (χ3v) is 1.84. The van der Waals surface area contributed by atoms with Crippen molar-refractivity contribution >= 4 is 22.1 Å². The normalized spacial score (nSPS) is 7.65. The first-order chi connectivity index (χ1) is 7.07. The van der Waals surface area contributed by atoms with E-state index < -0.39 is 6.16 Å². The smallest absolute Gasteiger partial charge is 0.652 e. The van der Waals surface area contributed by atoms with E-state index in [1.54, 1.807) is 0 Å². The van der Waals surface area contributed by atoms with Crippen LogP contribution in [0.25, 0.3) is 0 Å². The van der Waals surface area contributed by atoms with Gasteiger partial charge in [0.25, 0.3) is 0 Å². The number of carbonyl (C=O) groups is 1. The van der Waals surface area contributed by atoms with Gasteiger partial charge in [-0.15, -0.1) is 0 Å². The van der Waals surface area contributed by atoms with E-state index >= 15 is 0 Å². The fourth-order valence-corrected chi connectivity index (χ4v) is 1.12. The Bertz CT molecular complexity index is 307. The molecule has 0 unspecified atom stereocenters. The number of hydrogen-bond donors (Lipinski definition) is 1. The Morgan fingerprint density at radius 1 is 1.29 bits per heavy atom. The number of para-hydroxylation sites is 1. The third kappa shape index (κ3) is 15.9. The average Bonchev–Trinajstić information content (AvgIpc) is 2.16. The molecule has 84 valence electrons. The molecule has 0 saturated heterocycles. The fraction of sp³-hybridized carbons (Fsp3) is 0.222. The third-order valence-electron chi connectivity index (χ3n) is 1.19. The molecule has 0 saturated carbocycles. The molecule has 1 N–H and O–H groups in total. The summed E-state index contributed by atoms with van der Waals surface area (Å²) in [6.07, 6.45) is -2.33. The van der Waals surface area contributed by atoms with E-state index in [2.05, 4.69) is 15.9 Å². The molecule has 0 heterocycles. The predicted molar refractivity (Wildman–Crippen MR) is 52.1 cm³/mol. The van der Waals surface area contributed by atoms with Crippen LogP contribution in [0, 0.1) is 0 Å². The summed E-state index contributed by atoms with van der Waals surface area (Å²) >= 11 is 3.32. The average molecular weight is 355 g/mol. The summed E-state index contributed by atoms with van der Waals surface area (Å²) in [4.78, 5) is 8.33. The SMILES string of the molecule is O=C([O-])[O-].OCCOc1ccccc1Br.[K+].[K+]. The summed E-state index contributed by atoms with van der Waals surface area (Å²) in [6.45, 7) is 0.379. The van der Waals surface area contributed by atoms with Gasteiger partial charge in [-0.05, 0) is 34.2 Å². The monoisotopic (exact) mass is 354 g/mol. The van der Waals surface area contributed by atoms with Crippen molar-refractivity contribution in [3.05, 3.63) is 28.7 Å². The maximum atomic E-state index is 8.48. The summed E-state index contributed by atoms with van der Waals surface area (Å²) in [6, 6.07) is 7.54. The quantitative estimate of drug-likeness (QED) is 0.545. The molecule has 0 aliphatic rings. The van der Waals surface area contributed by atoms with E-state index in [1.807, 2.05) is 24.3 Å². The van der Waals surface area contributed by atoms with E-state index in [0.717, 1.165) is 10.2 Å². The zero-order chi connectivity index (χ0) is 11.7. The molecule has 8 heteroatoms. The summed E-state index contributed by atoms with van der Waals surface area (Å²) in [7, 11) is 0. The second kappa shape index (κ2) is 16.1. The van der Waals surface area contributed by atoms with Crippen LogP contribution in [0.1, 0.15) is 0 Å². The zero-order valence-corrected chi connectivity index (χ0v) is 17.5. The zero-order valence-electron chi connectivity index (χ0n) is 9.68. The molecule has 0 atom stereocenters. The molecular weight excluding hydrogens is 346 g/mol. The van der Waals surface area contributed by atoms with Gasteiger partial charge in [-0.1, -0.05) is 12.1 Å². The van der Waals surface area contributed by atoms with Gasteiger partial charge in [0.05, 0.1) is 11.1 Å². The minimum atomic E-state index is -2.33. The van der Waals surface area contributed by atoms with Crippen LogP contribution >= 0.6 is 15.9 Å². The Kier molecular flexibility index (Phi) is 22.7. The van der Waals surface area contributed by atoms with Crippen molar-refractivity contribution in [2.45, 2.75) is 0 Å². The molecule has 5 nitrogen and oxygen atoms in total. The van der Waals surface area contributed by atoms with Crippen LogP contribution in [0.3, 0.4) is 0 Å². The number of halogens is 1. The summed E-state index contributed by atoms with van der Waals surface area (Å²) in [5.41, 5.74) is 0. The minimum absolute atomic E-state index is 0. The van der Waals surface area contributed by atoms with Crippen molar-refractivity contribution in [3.8, 4) is 5.75 Å².